The lowest BCUT2D eigenvalue weighted by molar-refractivity contribution is 0.459. The Morgan fingerprint density at radius 2 is 2.45 bits per heavy atom. The molecule has 0 bridgehead atoms. The van der Waals surface area contributed by atoms with Crippen molar-refractivity contribution in [3.63, 3.8) is 0 Å². The highest BCUT2D eigenvalue weighted by atomic mass is 16.5. The van der Waals surface area contributed by atoms with Crippen molar-refractivity contribution in [2.45, 2.75) is 0 Å². The van der Waals surface area contributed by atoms with Gasteiger partial charge in [0.1, 0.15) is 0 Å². The summed E-state index contributed by atoms with van der Waals surface area (Å²) in [5, 5.41) is 6.65. The Bertz CT molecular complexity index is 368. The summed E-state index contributed by atoms with van der Waals surface area (Å²) in [5.41, 5.74) is 1.48. The van der Waals surface area contributed by atoms with Crippen molar-refractivity contribution in [3.8, 4) is 0 Å². The van der Waals surface area contributed by atoms with E-state index in [1.807, 2.05) is 12.1 Å². The van der Waals surface area contributed by atoms with Crippen LogP contribution in [0.4, 0.5) is 5.82 Å². The second kappa shape index (κ2) is 2.23. The number of pyridine rings is 1. The van der Waals surface area contributed by atoms with Crippen LogP contribution in [-0.4, -0.2) is 17.2 Å². The molecule has 11 heavy (non-hydrogen) atoms. The molecule has 0 aliphatic rings. The molecule has 2 heterocycles. The monoisotopic (exact) mass is 149 g/mol. The lowest BCUT2D eigenvalue weighted by atomic mass is 10.4. The Labute approximate surface area is 63.2 Å². The van der Waals surface area contributed by atoms with E-state index in [0.717, 1.165) is 5.52 Å². The normalized spacial score (nSPS) is 10.3. The largest absolute Gasteiger partial charge is 0.369 e. The first-order valence-corrected chi connectivity index (χ1v) is 3.30. The number of nitrogens with zero attached hydrogens (tertiary/aromatic N) is 2. The van der Waals surface area contributed by atoms with Crippen molar-refractivity contribution in [1.29, 1.82) is 0 Å². The van der Waals surface area contributed by atoms with E-state index in [1.165, 1.54) is 0 Å². The van der Waals surface area contributed by atoms with Gasteiger partial charge in [0, 0.05) is 13.2 Å². The second-order valence-corrected chi connectivity index (χ2v) is 2.13. The van der Waals surface area contributed by atoms with Crippen molar-refractivity contribution in [3.05, 3.63) is 18.3 Å². The first-order valence-electron chi connectivity index (χ1n) is 3.30. The fourth-order valence-corrected chi connectivity index (χ4v) is 0.944. The number of fused-ring (bicyclic) bond motifs is 1. The molecule has 0 aliphatic carbocycles. The summed E-state index contributed by atoms with van der Waals surface area (Å²) in [7, 11) is 1.78. The molecule has 2 aromatic heterocycles. The van der Waals surface area contributed by atoms with Gasteiger partial charge in [-0.15, -0.1) is 0 Å². The molecule has 0 saturated carbocycles. The SMILES string of the molecule is CNc1noc2cccnc12. The van der Waals surface area contributed by atoms with Crippen molar-refractivity contribution in [2.75, 3.05) is 12.4 Å². The minimum Gasteiger partial charge on any atom is -0.369 e. The van der Waals surface area contributed by atoms with Gasteiger partial charge >= 0.3 is 0 Å². The summed E-state index contributed by atoms with van der Waals surface area (Å²) in [5.74, 6) is 0.681. The van der Waals surface area contributed by atoms with Crippen LogP contribution in [0, 0.1) is 0 Å². The van der Waals surface area contributed by atoms with Crippen molar-refractivity contribution in [2.24, 2.45) is 0 Å². The number of aromatic nitrogens is 2. The number of rotatable bonds is 1. The van der Waals surface area contributed by atoms with Crippen LogP contribution in [-0.2, 0) is 0 Å². The molecule has 0 atom stereocenters. The van der Waals surface area contributed by atoms with Gasteiger partial charge in [-0.25, -0.2) is 4.98 Å². The number of anilines is 1. The van der Waals surface area contributed by atoms with Crippen LogP contribution in [0.25, 0.3) is 11.1 Å². The molecule has 0 unspecified atom stereocenters. The third-order valence-corrected chi connectivity index (χ3v) is 1.47. The van der Waals surface area contributed by atoms with Gasteiger partial charge in [-0.2, -0.15) is 0 Å². The van der Waals surface area contributed by atoms with Crippen LogP contribution < -0.4 is 5.32 Å². The standard InChI is InChI=1S/C7H7N3O/c1-8-7-6-5(11-10-7)3-2-4-9-6/h2-4H,1H3,(H,8,10). The Morgan fingerprint density at radius 1 is 1.55 bits per heavy atom. The molecular weight excluding hydrogens is 142 g/mol. The summed E-state index contributed by atoms with van der Waals surface area (Å²) in [4.78, 5) is 4.09. The zero-order chi connectivity index (χ0) is 7.68. The fraction of sp³-hybridized carbons (Fsp3) is 0.143. The molecule has 56 valence electrons. The molecule has 4 heteroatoms. The molecule has 1 N–H and O–H groups in total. The molecule has 2 aromatic rings. The van der Waals surface area contributed by atoms with Gasteiger partial charge in [0.2, 0.25) is 0 Å². The van der Waals surface area contributed by atoms with Crippen LogP contribution in [0.5, 0.6) is 0 Å². The highest BCUT2D eigenvalue weighted by molar-refractivity contribution is 5.83. The third kappa shape index (κ3) is 0.832. The lowest BCUT2D eigenvalue weighted by Crippen LogP contribution is -1.88. The molecule has 0 amide bonds. The van der Waals surface area contributed by atoms with Gasteiger partial charge in [-0.1, -0.05) is 5.16 Å². The van der Waals surface area contributed by atoms with E-state index >= 15 is 0 Å². The average Bonchev–Trinajstić information content (AvgIpc) is 2.47. The summed E-state index contributed by atoms with van der Waals surface area (Å²) < 4.78 is 4.96. The maximum atomic E-state index is 4.96. The van der Waals surface area contributed by atoms with E-state index in [9.17, 15) is 0 Å². The molecule has 0 spiro atoms. The second-order valence-electron chi connectivity index (χ2n) is 2.13. The lowest BCUT2D eigenvalue weighted by Gasteiger charge is -1.88. The first kappa shape index (κ1) is 6.15. The molecule has 0 fully saturated rings. The van der Waals surface area contributed by atoms with Crippen molar-refractivity contribution in [1.82, 2.24) is 10.1 Å². The van der Waals surface area contributed by atoms with Crippen molar-refractivity contribution >= 4 is 16.9 Å². The molecule has 0 saturated heterocycles. The molecule has 4 nitrogen and oxygen atoms in total. The summed E-state index contributed by atoms with van der Waals surface area (Å²) in [6.07, 6.45) is 1.71. The highest BCUT2D eigenvalue weighted by Crippen LogP contribution is 2.18. The van der Waals surface area contributed by atoms with Crippen LogP contribution in [0.1, 0.15) is 0 Å². The maximum Gasteiger partial charge on any atom is 0.195 e. The van der Waals surface area contributed by atoms with E-state index in [4.69, 9.17) is 4.52 Å². The molecule has 0 aromatic carbocycles. The summed E-state index contributed by atoms with van der Waals surface area (Å²) in [6, 6.07) is 3.64. The minimum absolute atomic E-state index is 0.681. The van der Waals surface area contributed by atoms with E-state index in [2.05, 4.69) is 15.5 Å². The van der Waals surface area contributed by atoms with Crippen molar-refractivity contribution < 1.29 is 4.52 Å². The highest BCUT2D eigenvalue weighted by Gasteiger charge is 2.04. The maximum absolute atomic E-state index is 4.96. The van der Waals surface area contributed by atoms with Gasteiger partial charge in [0.05, 0.1) is 0 Å². The smallest absolute Gasteiger partial charge is 0.195 e. The minimum atomic E-state index is 0.681. The van der Waals surface area contributed by atoms with E-state index < -0.39 is 0 Å². The Balaban J connectivity index is 2.76. The number of hydrogen-bond donors (Lipinski definition) is 1. The Morgan fingerprint density at radius 3 is 3.27 bits per heavy atom. The predicted octanol–water partition coefficient (Wildman–Crippen LogP) is 1.26. The Hall–Kier alpha value is -1.58. The third-order valence-electron chi connectivity index (χ3n) is 1.47. The average molecular weight is 149 g/mol. The topological polar surface area (TPSA) is 51.0 Å². The van der Waals surface area contributed by atoms with Gasteiger partial charge < -0.3 is 9.84 Å². The van der Waals surface area contributed by atoms with Gasteiger partial charge in [-0.05, 0) is 12.1 Å². The van der Waals surface area contributed by atoms with E-state index in [-0.39, 0.29) is 0 Å². The van der Waals surface area contributed by atoms with Gasteiger partial charge in [0.15, 0.2) is 16.9 Å². The Kier molecular flexibility index (Phi) is 1.25. The quantitative estimate of drug-likeness (QED) is 0.663. The fourth-order valence-electron chi connectivity index (χ4n) is 0.944. The molecule has 0 radical (unpaired) electrons. The van der Waals surface area contributed by atoms with Crippen LogP contribution in [0.15, 0.2) is 22.9 Å². The summed E-state index contributed by atoms with van der Waals surface area (Å²) >= 11 is 0. The number of hydrogen-bond acceptors (Lipinski definition) is 4. The first-order chi connectivity index (χ1) is 5.42. The predicted molar refractivity (Wildman–Crippen MR) is 41.4 cm³/mol. The molecule has 2 rings (SSSR count). The zero-order valence-corrected chi connectivity index (χ0v) is 6.03. The van der Waals surface area contributed by atoms with Gasteiger partial charge in [0.25, 0.3) is 0 Å². The zero-order valence-electron chi connectivity index (χ0n) is 6.03. The van der Waals surface area contributed by atoms with Crippen LogP contribution in [0.3, 0.4) is 0 Å². The molecular formula is C7H7N3O. The van der Waals surface area contributed by atoms with E-state index in [0.29, 0.717) is 11.4 Å². The molecule has 0 aliphatic heterocycles. The van der Waals surface area contributed by atoms with Crippen LogP contribution >= 0.6 is 0 Å². The van der Waals surface area contributed by atoms with Gasteiger partial charge in [-0.3, -0.25) is 0 Å². The number of nitrogens with one attached hydrogen (secondary N) is 1. The summed E-state index contributed by atoms with van der Waals surface area (Å²) in [6.45, 7) is 0. The van der Waals surface area contributed by atoms with E-state index in [1.54, 1.807) is 13.2 Å². The van der Waals surface area contributed by atoms with Crippen LogP contribution in [0.2, 0.25) is 0 Å².